The third kappa shape index (κ3) is 4.60. The first-order chi connectivity index (χ1) is 11.9. The SMILES string of the molecule is CCCC(O)CCO[Si](c1ccccc1)(c1ccccc1)C(C)(C)C. The van der Waals surface area contributed by atoms with Crippen LogP contribution in [0.15, 0.2) is 60.7 Å². The molecule has 0 amide bonds. The second-order valence-electron chi connectivity index (χ2n) is 7.74. The second kappa shape index (κ2) is 8.79. The molecule has 2 aromatic rings. The van der Waals surface area contributed by atoms with Crippen LogP contribution in [0.1, 0.15) is 47.0 Å². The zero-order valence-corrected chi connectivity index (χ0v) is 17.0. The van der Waals surface area contributed by atoms with Gasteiger partial charge in [-0.05, 0) is 28.3 Å². The monoisotopic (exact) mass is 356 g/mol. The Morgan fingerprint density at radius 3 is 1.76 bits per heavy atom. The van der Waals surface area contributed by atoms with Gasteiger partial charge in [0, 0.05) is 6.61 Å². The van der Waals surface area contributed by atoms with Crippen LogP contribution >= 0.6 is 0 Å². The molecule has 0 fully saturated rings. The van der Waals surface area contributed by atoms with Crippen molar-refractivity contribution in [3.05, 3.63) is 60.7 Å². The third-order valence-electron chi connectivity index (χ3n) is 4.81. The third-order valence-corrected chi connectivity index (χ3v) is 9.85. The van der Waals surface area contributed by atoms with E-state index < -0.39 is 8.32 Å². The van der Waals surface area contributed by atoms with E-state index in [1.54, 1.807) is 0 Å². The summed E-state index contributed by atoms with van der Waals surface area (Å²) in [7, 11) is -2.45. The lowest BCUT2D eigenvalue weighted by atomic mass is 10.2. The van der Waals surface area contributed by atoms with E-state index in [-0.39, 0.29) is 11.1 Å². The van der Waals surface area contributed by atoms with Gasteiger partial charge >= 0.3 is 0 Å². The Morgan fingerprint density at radius 2 is 1.36 bits per heavy atom. The molecule has 1 atom stereocenters. The summed E-state index contributed by atoms with van der Waals surface area (Å²) < 4.78 is 6.76. The van der Waals surface area contributed by atoms with Gasteiger partial charge in [-0.15, -0.1) is 0 Å². The summed E-state index contributed by atoms with van der Waals surface area (Å²) in [5.74, 6) is 0. The Balaban J connectivity index is 2.42. The molecule has 2 rings (SSSR count). The molecule has 1 N–H and O–H groups in total. The first kappa shape index (κ1) is 19.9. The van der Waals surface area contributed by atoms with Crippen molar-refractivity contribution in [2.45, 2.75) is 58.1 Å². The van der Waals surface area contributed by atoms with E-state index in [0.29, 0.717) is 13.0 Å². The summed E-state index contributed by atoms with van der Waals surface area (Å²) in [6.07, 6.45) is 2.26. The highest BCUT2D eigenvalue weighted by Crippen LogP contribution is 2.36. The smallest absolute Gasteiger partial charge is 0.261 e. The Bertz CT molecular complexity index is 580. The minimum Gasteiger partial charge on any atom is -0.407 e. The van der Waals surface area contributed by atoms with Gasteiger partial charge in [0.1, 0.15) is 0 Å². The van der Waals surface area contributed by atoms with E-state index in [1.165, 1.54) is 10.4 Å². The summed E-state index contributed by atoms with van der Waals surface area (Å²) in [5, 5.41) is 12.7. The molecule has 3 heteroatoms. The molecule has 0 bridgehead atoms. The maximum absolute atomic E-state index is 10.1. The van der Waals surface area contributed by atoms with Gasteiger partial charge in [-0.3, -0.25) is 0 Å². The van der Waals surface area contributed by atoms with Crippen LogP contribution in [0.3, 0.4) is 0 Å². The molecule has 2 nitrogen and oxygen atoms in total. The topological polar surface area (TPSA) is 29.5 Å². The predicted molar refractivity (Wildman–Crippen MR) is 109 cm³/mol. The van der Waals surface area contributed by atoms with E-state index in [9.17, 15) is 5.11 Å². The number of rotatable bonds is 8. The van der Waals surface area contributed by atoms with Crippen LogP contribution in [-0.2, 0) is 4.43 Å². The molecule has 0 aliphatic rings. The highest BCUT2D eigenvalue weighted by atomic mass is 28.4. The van der Waals surface area contributed by atoms with E-state index >= 15 is 0 Å². The van der Waals surface area contributed by atoms with Crippen LogP contribution in [0.25, 0.3) is 0 Å². The average Bonchev–Trinajstić information content (AvgIpc) is 2.59. The molecule has 0 aliphatic heterocycles. The van der Waals surface area contributed by atoms with Crippen molar-refractivity contribution in [1.29, 1.82) is 0 Å². The summed E-state index contributed by atoms with van der Waals surface area (Å²) in [4.78, 5) is 0. The van der Waals surface area contributed by atoms with E-state index in [1.807, 2.05) is 0 Å². The average molecular weight is 357 g/mol. The van der Waals surface area contributed by atoms with E-state index in [0.717, 1.165) is 12.8 Å². The lowest BCUT2D eigenvalue weighted by Crippen LogP contribution is -2.66. The zero-order valence-electron chi connectivity index (χ0n) is 16.0. The molecule has 0 saturated carbocycles. The van der Waals surface area contributed by atoms with Gasteiger partial charge in [0.2, 0.25) is 0 Å². The molecule has 0 aromatic heterocycles. The standard InChI is InChI=1S/C22H32O2Si/c1-5-12-19(23)17-18-24-25(22(2,3)4,20-13-8-6-9-14-20)21-15-10-7-11-16-21/h6-11,13-16,19,23H,5,12,17-18H2,1-4H3. The Labute approximate surface area is 154 Å². The van der Waals surface area contributed by atoms with Gasteiger partial charge in [-0.2, -0.15) is 0 Å². The minimum atomic E-state index is -2.45. The zero-order chi connectivity index (χ0) is 18.3. The fraction of sp³-hybridized carbons (Fsp3) is 0.455. The van der Waals surface area contributed by atoms with Crippen molar-refractivity contribution < 1.29 is 9.53 Å². The van der Waals surface area contributed by atoms with Crippen LogP contribution in [0, 0.1) is 0 Å². The molecule has 25 heavy (non-hydrogen) atoms. The van der Waals surface area contributed by atoms with E-state index in [4.69, 9.17) is 4.43 Å². The first-order valence-corrected chi connectivity index (χ1v) is 11.3. The highest BCUT2D eigenvalue weighted by molar-refractivity contribution is 6.99. The van der Waals surface area contributed by atoms with Crippen molar-refractivity contribution in [2.75, 3.05) is 6.61 Å². The number of hydrogen-bond donors (Lipinski definition) is 1. The molecule has 0 saturated heterocycles. The highest BCUT2D eigenvalue weighted by Gasteiger charge is 2.49. The van der Waals surface area contributed by atoms with Crippen LogP contribution in [0.2, 0.25) is 5.04 Å². The predicted octanol–water partition coefficient (Wildman–Crippen LogP) is 4.11. The lowest BCUT2D eigenvalue weighted by Gasteiger charge is -2.43. The molecular formula is C22H32O2Si. The van der Waals surface area contributed by atoms with Gasteiger partial charge in [0.25, 0.3) is 8.32 Å². The number of benzene rings is 2. The molecule has 0 aliphatic carbocycles. The summed E-state index contributed by atoms with van der Waals surface area (Å²) in [6.45, 7) is 9.53. The number of hydrogen-bond acceptors (Lipinski definition) is 2. The van der Waals surface area contributed by atoms with Crippen molar-refractivity contribution in [3.8, 4) is 0 Å². The lowest BCUT2D eigenvalue weighted by molar-refractivity contribution is 0.127. The van der Waals surface area contributed by atoms with Crippen molar-refractivity contribution in [3.63, 3.8) is 0 Å². The molecule has 0 spiro atoms. The normalized spacial score (nSPS) is 13.6. The van der Waals surface area contributed by atoms with Gasteiger partial charge < -0.3 is 9.53 Å². The molecule has 0 heterocycles. The van der Waals surface area contributed by atoms with Gasteiger partial charge in [0.15, 0.2) is 0 Å². The van der Waals surface area contributed by atoms with Crippen molar-refractivity contribution >= 4 is 18.7 Å². The van der Waals surface area contributed by atoms with Crippen LogP contribution in [-0.4, -0.2) is 26.1 Å². The van der Waals surface area contributed by atoms with Gasteiger partial charge in [0.05, 0.1) is 6.10 Å². The summed E-state index contributed by atoms with van der Waals surface area (Å²) in [5.41, 5.74) is 0. The van der Waals surface area contributed by atoms with Crippen molar-refractivity contribution in [2.24, 2.45) is 0 Å². The van der Waals surface area contributed by atoms with Crippen LogP contribution in [0.5, 0.6) is 0 Å². The molecule has 2 aromatic carbocycles. The van der Waals surface area contributed by atoms with E-state index in [2.05, 4.69) is 88.4 Å². The molecule has 1 unspecified atom stereocenters. The number of aliphatic hydroxyl groups is 1. The first-order valence-electron chi connectivity index (χ1n) is 9.35. The number of aliphatic hydroxyl groups excluding tert-OH is 1. The van der Waals surface area contributed by atoms with Gasteiger partial charge in [-0.1, -0.05) is 94.8 Å². The Hall–Kier alpha value is -1.42. The minimum absolute atomic E-state index is 0.00852. The van der Waals surface area contributed by atoms with Crippen LogP contribution in [0.4, 0.5) is 0 Å². The maximum Gasteiger partial charge on any atom is 0.261 e. The molecule has 0 radical (unpaired) electrons. The summed E-state index contributed by atoms with van der Waals surface area (Å²) in [6, 6.07) is 21.3. The molecular weight excluding hydrogens is 324 g/mol. The second-order valence-corrected chi connectivity index (χ2v) is 12.0. The van der Waals surface area contributed by atoms with Crippen molar-refractivity contribution in [1.82, 2.24) is 0 Å². The summed E-state index contributed by atoms with van der Waals surface area (Å²) >= 11 is 0. The Morgan fingerprint density at radius 1 is 0.880 bits per heavy atom. The van der Waals surface area contributed by atoms with Gasteiger partial charge in [-0.25, -0.2) is 0 Å². The Kier molecular flexibility index (Phi) is 7.00. The van der Waals surface area contributed by atoms with Crippen LogP contribution < -0.4 is 10.4 Å². The maximum atomic E-state index is 10.1. The molecule has 136 valence electrons. The fourth-order valence-corrected chi connectivity index (χ4v) is 8.17. The fourth-order valence-electron chi connectivity index (χ4n) is 3.59. The quantitative estimate of drug-likeness (QED) is 0.721. The largest absolute Gasteiger partial charge is 0.407 e.